The molecule has 0 aliphatic carbocycles. The van der Waals surface area contributed by atoms with E-state index in [2.05, 4.69) is 14.9 Å². The zero-order chi connectivity index (χ0) is 15.6. The first-order valence-corrected chi connectivity index (χ1v) is 7.93. The number of hydrogen-bond acceptors (Lipinski definition) is 6. The van der Waals surface area contributed by atoms with E-state index in [1.54, 1.807) is 19.9 Å². The molecule has 1 heterocycles. The number of aromatic nitrogens is 2. The zero-order valence-electron chi connectivity index (χ0n) is 12.2. The molecule has 114 valence electrons. The SMILES string of the molecule is Cc1nc(CCNS(=O)(=O)c2cc(N)cc(C)c2C)no1. The third kappa shape index (κ3) is 3.59. The lowest BCUT2D eigenvalue weighted by Gasteiger charge is -2.11. The van der Waals surface area contributed by atoms with Gasteiger partial charge < -0.3 is 10.3 Å². The Morgan fingerprint density at radius 3 is 2.62 bits per heavy atom. The highest BCUT2D eigenvalue weighted by Gasteiger charge is 2.18. The fourth-order valence-electron chi connectivity index (χ4n) is 1.95. The molecule has 0 bridgehead atoms. The van der Waals surface area contributed by atoms with Gasteiger partial charge in [0.1, 0.15) is 0 Å². The fourth-order valence-corrected chi connectivity index (χ4v) is 3.33. The average molecular weight is 310 g/mol. The Kier molecular flexibility index (Phi) is 4.29. The van der Waals surface area contributed by atoms with Crippen LogP contribution in [0.25, 0.3) is 0 Å². The number of nitrogen functional groups attached to an aromatic ring is 1. The van der Waals surface area contributed by atoms with Crippen LogP contribution >= 0.6 is 0 Å². The molecule has 21 heavy (non-hydrogen) atoms. The Bertz CT molecular complexity index is 753. The van der Waals surface area contributed by atoms with Crippen LogP contribution in [0.1, 0.15) is 22.8 Å². The van der Waals surface area contributed by atoms with Crippen LogP contribution in [0.15, 0.2) is 21.6 Å². The highest BCUT2D eigenvalue weighted by Crippen LogP contribution is 2.22. The number of nitrogens with zero attached hydrogens (tertiary/aromatic N) is 2. The van der Waals surface area contributed by atoms with Crippen LogP contribution in [-0.4, -0.2) is 25.1 Å². The van der Waals surface area contributed by atoms with Crippen LogP contribution in [0.5, 0.6) is 0 Å². The van der Waals surface area contributed by atoms with E-state index in [1.165, 1.54) is 6.07 Å². The van der Waals surface area contributed by atoms with E-state index in [-0.39, 0.29) is 11.4 Å². The van der Waals surface area contributed by atoms with Crippen molar-refractivity contribution in [1.82, 2.24) is 14.9 Å². The van der Waals surface area contributed by atoms with E-state index >= 15 is 0 Å². The molecule has 0 saturated carbocycles. The van der Waals surface area contributed by atoms with Crippen LogP contribution in [0, 0.1) is 20.8 Å². The molecular weight excluding hydrogens is 292 g/mol. The summed E-state index contributed by atoms with van der Waals surface area (Å²) in [6, 6.07) is 3.21. The third-order valence-electron chi connectivity index (χ3n) is 3.14. The normalized spacial score (nSPS) is 11.8. The Morgan fingerprint density at radius 1 is 1.29 bits per heavy atom. The van der Waals surface area contributed by atoms with Crippen molar-refractivity contribution in [3.63, 3.8) is 0 Å². The van der Waals surface area contributed by atoms with Gasteiger partial charge in [0.05, 0.1) is 4.90 Å². The first kappa shape index (κ1) is 15.5. The quantitative estimate of drug-likeness (QED) is 0.800. The van der Waals surface area contributed by atoms with Crippen LogP contribution in [0.2, 0.25) is 0 Å². The Hall–Kier alpha value is -1.93. The minimum Gasteiger partial charge on any atom is -0.399 e. The molecule has 0 aliphatic heterocycles. The van der Waals surface area contributed by atoms with Crippen LogP contribution in [-0.2, 0) is 16.4 Å². The van der Waals surface area contributed by atoms with Crippen molar-refractivity contribution in [2.45, 2.75) is 32.1 Å². The Morgan fingerprint density at radius 2 is 2.00 bits per heavy atom. The maximum Gasteiger partial charge on any atom is 0.240 e. The summed E-state index contributed by atoms with van der Waals surface area (Å²) in [5, 5.41) is 3.71. The van der Waals surface area contributed by atoms with E-state index in [0.717, 1.165) is 5.56 Å². The van der Waals surface area contributed by atoms with Crippen LogP contribution in [0.3, 0.4) is 0 Å². The number of rotatable bonds is 5. The molecule has 0 spiro atoms. The van der Waals surface area contributed by atoms with Crippen LogP contribution < -0.4 is 10.5 Å². The third-order valence-corrected chi connectivity index (χ3v) is 4.73. The van der Waals surface area contributed by atoms with E-state index in [9.17, 15) is 8.42 Å². The van der Waals surface area contributed by atoms with Crippen LogP contribution in [0.4, 0.5) is 5.69 Å². The van der Waals surface area contributed by atoms with Gasteiger partial charge in [0, 0.05) is 25.6 Å². The van der Waals surface area contributed by atoms with Gasteiger partial charge in [-0.3, -0.25) is 0 Å². The number of aryl methyl sites for hydroxylation is 2. The summed E-state index contributed by atoms with van der Waals surface area (Å²) in [4.78, 5) is 4.21. The summed E-state index contributed by atoms with van der Waals surface area (Å²) < 4.78 is 32.0. The molecule has 1 aromatic carbocycles. The lowest BCUT2D eigenvalue weighted by molar-refractivity contribution is 0.387. The van der Waals surface area contributed by atoms with Gasteiger partial charge in [-0.2, -0.15) is 4.98 Å². The topological polar surface area (TPSA) is 111 Å². The van der Waals surface area contributed by atoms with E-state index in [1.807, 2.05) is 6.92 Å². The second kappa shape index (κ2) is 5.82. The van der Waals surface area contributed by atoms with Crippen molar-refractivity contribution < 1.29 is 12.9 Å². The molecular formula is C13H18N4O3S. The largest absolute Gasteiger partial charge is 0.399 e. The first-order valence-electron chi connectivity index (χ1n) is 6.45. The molecule has 0 unspecified atom stereocenters. The van der Waals surface area contributed by atoms with Gasteiger partial charge >= 0.3 is 0 Å². The predicted molar refractivity (Wildman–Crippen MR) is 78.3 cm³/mol. The van der Waals surface area contributed by atoms with E-state index in [0.29, 0.717) is 29.4 Å². The van der Waals surface area contributed by atoms with Gasteiger partial charge in [0.25, 0.3) is 0 Å². The number of anilines is 1. The monoisotopic (exact) mass is 310 g/mol. The summed E-state index contributed by atoms with van der Waals surface area (Å²) >= 11 is 0. The zero-order valence-corrected chi connectivity index (χ0v) is 13.0. The van der Waals surface area contributed by atoms with Gasteiger partial charge in [-0.1, -0.05) is 5.16 Å². The van der Waals surface area contributed by atoms with Gasteiger partial charge in [-0.05, 0) is 37.1 Å². The maximum absolute atomic E-state index is 12.3. The lowest BCUT2D eigenvalue weighted by atomic mass is 10.1. The van der Waals surface area contributed by atoms with Crippen molar-refractivity contribution in [1.29, 1.82) is 0 Å². The highest BCUT2D eigenvalue weighted by atomic mass is 32.2. The second-order valence-corrected chi connectivity index (χ2v) is 6.57. The summed E-state index contributed by atoms with van der Waals surface area (Å²) in [7, 11) is -3.62. The maximum atomic E-state index is 12.3. The molecule has 1 aromatic heterocycles. The van der Waals surface area contributed by atoms with Crippen molar-refractivity contribution in [2.24, 2.45) is 0 Å². The number of hydrogen-bond donors (Lipinski definition) is 2. The summed E-state index contributed by atoms with van der Waals surface area (Å²) in [5.41, 5.74) is 7.67. The average Bonchev–Trinajstić information content (AvgIpc) is 2.79. The molecule has 0 fully saturated rings. The molecule has 0 saturated heterocycles. The van der Waals surface area contributed by atoms with Crippen molar-refractivity contribution in [2.75, 3.05) is 12.3 Å². The minimum atomic E-state index is -3.62. The van der Waals surface area contributed by atoms with E-state index < -0.39 is 10.0 Å². The molecule has 8 heteroatoms. The van der Waals surface area contributed by atoms with Crippen molar-refractivity contribution >= 4 is 15.7 Å². The van der Waals surface area contributed by atoms with Gasteiger partial charge in [0.2, 0.25) is 15.9 Å². The Labute approximate surface area is 123 Å². The van der Waals surface area contributed by atoms with E-state index in [4.69, 9.17) is 10.3 Å². The van der Waals surface area contributed by atoms with Crippen molar-refractivity contribution in [3.05, 3.63) is 35.0 Å². The summed E-state index contributed by atoms with van der Waals surface area (Å²) in [6.45, 7) is 5.45. The molecule has 3 N–H and O–H groups in total. The molecule has 7 nitrogen and oxygen atoms in total. The second-order valence-electron chi connectivity index (χ2n) is 4.84. The number of nitrogens with one attached hydrogen (secondary N) is 1. The lowest BCUT2D eigenvalue weighted by Crippen LogP contribution is -2.27. The summed E-state index contributed by atoms with van der Waals surface area (Å²) in [5.74, 6) is 0.922. The predicted octanol–water partition coefficient (Wildman–Crippen LogP) is 1.10. The molecule has 0 aliphatic rings. The van der Waals surface area contributed by atoms with Gasteiger partial charge in [-0.25, -0.2) is 13.1 Å². The number of sulfonamides is 1. The van der Waals surface area contributed by atoms with Gasteiger partial charge in [0.15, 0.2) is 5.82 Å². The first-order chi connectivity index (χ1) is 9.79. The molecule has 2 aromatic rings. The smallest absolute Gasteiger partial charge is 0.240 e. The highest BCUT2D eigenvalue weighted by molar-refractivity contribution is 7.89. The molecule has 0 atom stereocenters. The standard InChI is InChI=1S/C13H18N4O3S/c1-8-6-11(14)7-12(9(8)2)21(18,19)15-5-4-13-16-10(3)20-17-13/h6-7,15H,4-5,14H2,1-3H3. The van der Waals surface area contributed by atoms with Gasteiger partial charge in [-0.15, -0.1) is 0 Å². The minimum absolute atomic E-state index is 0.189. The molecule has 0 amide bonds. The number of benzene rings is 1. The summed E-state index contributed by atoms with van der Waals surface area (Å²) in [6.07, 6.45) is 0.358. The number of nitrogens with two attached hydrogens (primary N) is 1. The molecule has 2 rings (SSSR count). The van der Waals surface area contributed by atoms with Crippen molar-refractivity contribution in [3.8, 4) is 0 Å². The Balaban J connectivity index is 2.12. The molecule has 0 radical (unpaired) electrons. The fraction of sp³-hybridized carbons (Fsp3) is 0.385.